The van der Waals surface area contributed by atoms with Crippen LogP contribution in [0.25, 0.3) is 0 Å². The summed E-state index contributed by atoms with van der Waals surface area (Å²) in [7, 11) is -3.72. The number of primary amides is 1. The topological polar surface area (TPSA) is 139 Å². The summed E-state index contributed by atoms with van der Waals surface area (Å²) in [6.07, 6.45) is 2.46. The normalized spacial score (nSPS) is 31.3. The predicted molar refractivity (Wildman–Crippen MR) is 107 cm³/mol. The maximum absolute atomic E-state index is 14.5. The van der Waals surface area contributed by atoms with Crippen molar-refractivity contribution < 1.29 is 17.6 Å². The van der Waals surface area contributed by atoms with Gasteiger partial charge in [-0.2, -0.15) is 4.98 Å². The van der Waals surface area contributed by atoms with Gasteiger partial charge in [0.15, 0.2) is 11.6 Å². The number of benzene rings is 1. The van der Waals surface area contributed by atoms with Crippen molar-refractivity contribution in [3.8, 4) is 0 Å². The van der Waals surface area contributed by atoms with Crippen molar-refractivity contribution in [2.45, 2.75) is 23.8 Å². The smallest absolute Gasteiger partial charge is 0.240 e. The van der Waals surface area contributed by atoms with Gasteiger partial charge < -0.3 is 16.4 Å². The molecule has 6 bridgehead atoms. The number of hydrogen-bond acceptors (Lipinski definition) is 7. The molecule has 0 spiro atoms. The van der Waals surface area contributed by atoms with Crippen LogP contribution in [0.15, 0.2) is 35.4 Å². The number of nitrogens with zero attached hydrogens (tertiary/aromatic N) is 2. The second-order valence-corrected chi connectivity index (χ2v) is 9.92. The van der Waals surface area contributed by atoms with Gasteiger partial charge in [-0.3, -0.25) is 4.79 Å². The number of aromatic nitrogens is 2. The molecule has 1 amide bonds. The molecule has 1 aliphatic heterocycles. The Morgan fingerprint density at radius 3 is 2.87 bits per heavy atom. The summed E-state index contributed by atoms with van der Waals surface area (Å²) in [4.78, 5) is 20.4. The number of hydrogen-bond donors (Lipinski definition) is 4. The largest absolute Gasteiger partial charge is 0.369 e. The molecule has 3 aliphatic rings. The van der Waals surface area contributed by atoms with E-state index in [2.05, 4.69) is 25.3 Å². The van der Waals surface area contributed by atoms with E-state index in [1.807, 2.05) is 0 Å². The third-order valence-corrected chi connectivity index (χ3v) is 7.88. The fourth-order valence-electron chi connectivity index (χ4n) is 5.19. The quantitative estimate of drug-likeness (QED) is 0.531. The Labute approximate surface area is 172 Å². The molecule has 30 heavy (non-hydrogen) atoms. The van der Waals surface area contributed by atoms with Crippen LogP contribution in [0.5, 0.6) is 0 Å². The highest BCUT2D eigenvalue weighted by molar-refractivity contribution is 7.89. The van der Waals surface area contributed by atoms with Crippen molar-refractivity contribution in [2.24, 2.45) is 29.4 Å². The van der Waals surface area contributed by atoms with Gasteiger partial charge in [0.1, 0.15) is 0 Å². The van der Waals surface area contributed by atoms with E-state index >= 15 is 0 Å². The second-order valence-electron chi connectivity index (χ2n) is 8.15. The molecule has 5 N–H and O–H groups in total. The van der Waals surface area contributed by atoms with Gasteiger partial charge in [-0.1, -0.05) is 6.07 Å². The summed E-state index contributed by atoms with van der Waals surface area (Å²) in [6.45, 7) is 0.238. The molecule has 2 aromatic rings. The Morgan fingerprint density at radius 2 is 2.07 bits per heavy atom. The molecular formula is C19H21FN6O3S. The Kier molecular flexibility index (Phi) is 4.40. The van der Waals surface area contributed by atoms with Gasteiger partial charge in [0.25, 0.3) is 0 Å². The monoisotopic (exact) mass is 432 g/mol. The third-order valence-electron chi connectivity index (χ3n) is 6.45. The molecule has 2 saturated carbocycles. The summed E-state index contributed by atoms with van der Waals surface area (Å²) in [5, 5.41) is 5.98. The molecule has 2 heterocycles. The Hall–Kier alpha value is -2.79. The van der Waals surface area contributed by atoms with E-state index in [1.165, 1.54) is 12.1 Å². The Bertz CT molecular complexity index is 1130. The molecule has 158 valence electrons. The molecule has 1 aromatic heterocycles. The van der Waals surface area contributed by atoms with Crippen LogP contribution >= 0.6 is 0 Å². The fourth-order valence-corrected chi connectivity index (χ4v) is 6.33. The molecule has 9 nitrogen and oxygen atoms in total. The number of fused-ring (bicyclic) bond motifs is 5. The Morgan fingerprint density at radius 1 is 1.23 bits per heavy atom. The van der Waals surface area contributed by atoms with Gasteiger partial charge >= 0.3 is 0 Å². The minimum atomic E-state index is -3.72. The average Bonchev–Trinajstić information content (AvgIpc) is 3.27. The first-order valence-electron chi connectivity index (χ1n) is 9.77. The van der Waals surface area contributed by atoms with Crippen LogP contribution < -0.4 is 21.1 Å². The summed E-state index contributed by atoms with van der Waals surface area (Å²) in [6, 6.07) is 5.83. The second kappa shape index (κ2) is 6.88. The van der Waals surface area contributed by atoms with Gasteiger partial charge in [0.2, 0.25) is 21.9 Å². The van der Waals surface area contributed by atoms with Gasteiger partial charge in [0.05, 0.1) is 17.0 Å². The number of nitrogens with two attached hydrogens (primary N) is 1. The minimum Gasteiger partial charge on any atom is -0.369 e. The zero-order chi connectivity index (χ0) is 21.0. The van der Waals surface area contributed by atoms with E-state index in [1.54, 1.807) is 12.1 Å². The number of sulfonamides is 1. The lowest BCUT2D eigenvalue weighted by Crippen LogP contribution is -2.47. The predicted octanol–water partition coefficient (Wildman–Crippen LogP) is 1.19. The standard InChI is InChI=1S/C19H21FN6O3S/c20-14-8-22-19-24-11-2-1-3-12(6-11)30(28,29)23-7-10-4-9-5-13(10)16(15(9)17(21)27)25-18(14)26-19/h1-3,6,8-10,13,15-16,23H,4-5,7H2,(H2,21,27)(H2,22,24,25,26)/t9-,10?,13-,15+,16-/m1/s1. The molecule has 2 aliphatic carbocycles. The van der Waals surface area contributed by atoms with E-state index in [0.29, 0.717) is 12.1 Å². The van der Waals surface area contributed by atoms with E-state index < -0.39 is 33.7 Å². The van der Waals surface area contributed by atoms with Crippen LogP contribution in [0.2, 0.25) is 0 Å². The number of carbonyl (C=O) groups is 1. The van der Waals surface area contributed by atoms with Crippen LogP contribution in [0.4, 0.5) is 21.8 Å². The summed E-state index contributed by atoms with van der Waals surface area (Å²) in [5.41, 5.74) is 6.10. The summed E-state index contributed by atoms with van der Waals surface area (Å²) < 4.78 is 42.8. The van der Waals surface area contributed by atoms with Crippen LogP contribution in [0.1, 0.15) is 12.8 Å². The SMILES string of the molecule is NC(=O)[C@H]1[C@@H]2CC3CNS(=O)(=O)c4cccc(c4)Nc4ncc(F)c(n4)N[C@@H]1[C@@H]3C2. The maximum Gasteiger partial charge on any atom is 0.240 e. The number of rotatable bonds is 1. The number of nitrogens with one attached hydrogen (secondary N) is 3. The first-order chi connectivity index (χ1) is 14.3. The van der Waals surface area contributed by atoms with Crippen LogP contribution in [0.3, 0.4) is 0 Å². The molecule has 11 heteroatoms. The van der Waals surface area contributed by atoms with Crippen molar-refractivity contribution in [1.82, 2.24) is 14.7 Å². The average molecular weight is 432 g/mol. The molecule has 1 unspecified atom stereocenters. The van der Waals surface area contributed by atoms with Gasteiger partial charge in [-0.25, -0.2) is 22.5 Å². The van der Waals surface area contributed by atoms with Crippen LogP contribution in [0, 0.1) is 29.5 Å². The molecule has 5 rings (SSSR count). The van der Waals surface area contributed by atoms with E-state index in [9.17, 15) is 17.6 Å². The zero-order valence-corrected chi connectivity index (χ0v) is 16.7. The maximum atomic E-state index is 14.5. The lowest BCUT2D eigenvalue weighted by atomic mass is 9.78. The third kappa shape index (κ3) is 3.18. The first-order valence-corrected chi connectivity index (χ1v) is 11.3. The van der Waals surface area contributed by atoms with E-state index in [-0.39, 0.29) is 41.0 Å². The fraction of sp³-hybridized carbons (Fsp3) is 0.421. The van der Waals surface area contributed by atoms with Crippen molar-refractivity contribution in [3.63, 3.8) is 0 Å². The highest BCUT2D eigenvalue weighted by Gasteiger charge is 2.55. The number of halogens is 1. The number of carbonyl (C=O) groups excluding carboxylic acids is 1. The molecule has 2 fully saturated rings. The summed E-state index contributed by atoms with van der Waals surface area (Å²) >= 11 is 0. The molecule has 0 radical (unpaired) electrons. The molecule has 5 atom stereocenters. The molecule has 1 aromatic carbocycles. The van der Waals surface area contributed by atoms with E-state index in [4.69, 9.17) is 5.73 Å². The lowest BCUT2D eigenvalue weighted by molar-refractivity contribution is -0.123. The lowest BCUT2D eigenvalue weighted by Gasteiger charge is -2.35. The van der Waals surface area contributed by atoms with Gasteiger partial charge in [-0.05, 0) is 48.8 Å². The highest BCUT2D eigenvalue weighted by atomic mass is 32.2. The van der Waals surface area contributed by atoms with Crippen LogP contribution in [-0.2, 0) is 14.8 Å². The number of amides is 1. The molecule has 0 saturated heterocycles. The Balaban J connectivity index is 1.60. The number of anilines is 3. The zero-order valence-electron chi connectivity index (χ0n) is 15.9. The van der Waals surface area contributed by atoms with Crippen LogP contribution in [-0.4, -0.2) is 36.9 Å². The minimum absolute atomic E-state index is 0.00601. The summed E-state index contributed by atoms with van der Waals surface area (Å²) in [5.74, 6) is -1.44. The van der Waals surface area contributed by atoms with Gasteiger partial charge in [-0.15, -0.1) is 0 Å². The van der Waals surface area contributed by atoms with Crippen molar-refractivity contribution >= 4 is 33.4 Å². The van der Waals surface area contributed by atoms with Gasteiger partial charge in [0, 0.05) is 18.3 Å². The van der Waals surface area contributed by atoms with Crippen molar-refractivity contribution in [3.05, 3.63) is 36.3 Å². The van der Waals surface area contributed by atoms with Crippen molar-refractivity contribution in [1.29, 1.82) is 0 Å². The van der Waals surface area contributed by atoms with E-state index in [0.717, 1.165) is 12.6 Å². The highest BCUT2D eigenvalue weighted by Crippen LogP contribution is 2.52. The van der Waals surface area contributed by atoms with Crippen molar-refractivity contribution in [2.75, 3.05) is 17.2 Å². The first kappa shape index (κ1) is 19.2. The molecular weight excluding hydrogens is 411 g/mol.